The maximum atomic E-state index is 6.23. The first-order valence-corrected chi connectivity index (χ1v) is 33.0. The third-order valence-corrected chi connectivity index (χ3v) is 18.9. The first-order chi connectivity index (χ1) is 48.4. The molecule has 2 N–H and O–H groups in total. The first-order valence-electron chi connectivity index (χ1n) is 32.6. The molecule has 0 saturated carbocycles. The normalized spacial score (nSPS) is 11.6. The van der Waals surface area contributed by atoms with E-state index in [4.69, 9.17) is 39.4 Å². The van der Waals surface area contributed by atoms with Gasteiger partial charge in [0.05, 0.1) is 0 Å². The van der Waals surface area contributed by atoms with Crippen LogP contribution >= 0.6 is 11.6 Å². The molecule has 20 rings (SSSR count). The van der Waals surface area contributed by atoms with Crippen molar-refractivity contribution in [2.45, 2.75) is 0 Å². The largest absolute Gasteiger partial charge is 0.456 e. The molecule has 5 heterocycles. The second-order valence-electron chi connectivity index (χ2n) is 24.6. The molecule has 0 fully saturated rings. The Hall–Kier alpha value is -12.8. The van der Waals surface area contributed by atoms with Crippen LogP contribution in [-0.4, -0.2) is 0 Å². The number of anilines is 4. The molecule has 0 aliphatic carbocycles. The van der Waals surface area contributed by atoms with E-state index in [2.05, 4.69) is 187 Å². The number of nitrogens with two attached hydrogens (primary N) is 1. The molecule has 464 valence electrons. The van der Waals surface area contributed by atoms with E-state index in [1.807, 2.05) is 152 Å². The zero-order chi connectivity index (χ0) is 65.2. The fraction of sp³-hybridized carbons (Fsp3) is 0. The number of halogens is 1. The van der Waals surface area contributed by atoms with E-state index in [9.17, 15) is 0 Å². The van der Waals surface area contributed by atoms with Crippen molar-refractivity contribution < 1.29 is 22.1 Å². The lowest BCUT2D eigenvalue weighted by atomic mass is 9.98. The van der Waals surface area contributed by atoms with E-state index in [-0.39, 0.29) is 0 Å². The monoisotopic (exact) mass is 1280 g/mol. The lowest BCUT2D eigenvalue weighted by Gasteiger charge is -2.26. The summed E-state index contributed by atoms with van der Waals surface area (Å²) in [5, 5.41) is 12.1. The minimum atomic E-state index is 0.748. The van der Waals surface area contributed by atoms with Crippen LogP contribution in [0.1, 0.15) is 0 Å². The highest BCUT2D eigenvalue weighted by atomic mass is 35.5. The molecule has 7 nitrogen and oxygen atoms in total. The lowest BCUT2D eigenvalue weighted by molar-refractivity contribution is 0.668. The highest BCUT2D eigenvalue weighted by Gasteiger charge is 2.20. The van der Waals surface area contributed by atoms with Crippen molar-refractivity contribution >= 4 is 144 Å². The van der Waals surface area contributed by atoms with Crippen molar-refractivity contribution in [2.24, 2.45) is 0 Å². The number of fused-ring (bicyclic) bond motifs is 15. The number of hydrogen-bond donors (Lipinski definition) is 1. The smallest absolute Gasteiger partial charge is 0.136 e. The predicted molar refractivity (Wildman–Crippen MR) is 407 cm³/mol. The van der Waals surface area contributed by atoms with Gasteiger partial charge in [-0.05, 0) is 189 Å². The van der Waals surface area contributed by atoms with Crippen molar-refractivity contribution in [1.29, 1.82) is 0 Å². The summed E-state index contributed by atoms with van der Waals surface area (Å²) in [5.41, 5.74) is 30.3. The van der Waals surface area contributed by atoms with Crippen LogP contribution in [0.3, 0.4) is 0 Å². The van der Waals surface area contributed by atoms with Crippen molar-refractivity contribution in [3.05, 3.63) is 339 Å². The Balaban J connectivity index is 0.000000140. The fourth-order valence-corrected chi connectivity index (χ4v) is 14.1. The van der Waals surface area contributed by atoms with Gasteiger partial charge in [-0.25, -0.2) is 0 Å². The summed E-state index contributed by atoms with van der Waals surface area (Å²) in [6.45, 7) is 0. The van der Waals surface area contributed by atoms with Crippen LogP contribution in [0.4, 0.5) is 22.7 Å². The van der Waals surface area contributed by atoms with Crippen molar-refractivity contribution in [3.8, 4) is 55.6 Å². The summed E-state index contributed by atoms with van der Waals surface area (Å²) in [4.78, 5) is 2.33. The van der Waals surface area contributed by atoms with Gasteiger partial charge < -0.3 is 32.7 Å². The molecule has 20 aromatic rings. The maximum absolute atomic E-state index is 6.23. The van der Waals surface area contributed by atoms with Crippen LogP contribution in [-0.2, 0) is 0 Å². The van der Waals surface area contributed by atoms with E-state index in [1.165, 1.54) is 11.1 Å². The van der Waals surface area contributed by atoms with Crippen LogP contribution in [0.2, 0.25) is 5.02 Å². The lowest BCUT2D eigenvalue weighted by Crippen LogP contribution is -2.09. The molecule has 15 aromatic carbocycles. The van der Waals surface area contributed by atoms with Crippen LogP contribution in [0, 0.1) is 0 Å². The molecule has 0 unspecified atom stereocenters. The molecule has 0 spiro atoms. The molecule has 0 aliphatic heterocycles. The van der Waals surface area contributed by atoms with Gasteiger partial charge >= 0.3 is 0 Å². The highest BCUT2D eigenvalue weighted by Crippen LogP contribution is 2.44. The predicted octanol–water partition coefficient (Wildman–Crippen LogP) is 26.6. The molecule has 0 aliphatic rings. The Kier molecular flexibility index (Phi) is 14.3. The summed E-state index contributed by atoms with van der Waals surface area (Å²) in [5.74, 6) is 0. The van der Waals surface area contributed by atoms with Gasteiger partial charge in [0.1, 0.15) is 55.8 Å². The number of nitrogen functional groups attached to an aromatic ring is 1. The molecule has 0 atom stereocenters. The Morgan fingerprint density at radius 2 is 0.480 bits per heavy atom. The number of rotatable bonds is 8. The maximum Gasteiger partial charge on any atom is 0.136 e. The summed E-state index contributed by atoms with van der Waals surface area (Å²) < 4.78 is 30.3. The van der Waals surface area contributed by atoms with E-state index in [0.29, 0.717) is 0 Å². The van der Waals surface area contributed by atoms with Crippen LogP contribution in [0.5, 0.6) is 0 Å². The third-order valence-electron chi connectivity index (χ3n) is 18.7. The molecule has 5 aromatic heterocycles. The van der Waals surface area contributed by atoms with Crippen molar-refractivity contribution in [2.75, 3.05) is 10.6 Å². The number of furan rings is 5. The third kappa shape index (κ3) is 10.4. The summed E-state index contributed by atoms with van der Waals surface area (Å²) in [6.07, 6.45) is 0. The van der Waals surface area contributed by atoms with Crippen molar-refractivity contribution in [3.63, 3.8) is 0 Å². The molecular formula is C90H57ClN2O5. The van der Waals surface area contributed by atoms with Crippen LogP contribution in [0.25, 0.3) is 165 Å². The number of para-hydroxylation sites is 5. The number of hydrogen-bond acceptors (Lipinski definition) is 7. The highest BCUT2D eigenvalue weighted by molar-refractivity contribution is 6.30. The molecule has 0 amide bonds. The topological polar surface area (TPSA) is 95.0 Å². The summed E-state index contributed by atoms with van der Waals surface area (Å²) >= 11 is 5.97. The van der Waals surface area contributed by atoms with Gasteiger partial charge in [-0.1, -0.05) is 212 Å². The number of benzene rings is 15. The molecule has 0 saturated heterocycles. The average Bonchev–Trinajstić information content (AvgIpc) is 1.37. The van der Waals surface area contributed by atoms with Gasteiger partial charge in [0.15, 0.2) is 0 Å². The Labute approximate surface area is 567 Å². The fourth-order valence-electron chi connectivity index (χ4n) is 14.0. The molecule has 0 bridgehead atoms. The quantitative estimate of drug-likeness (QED) is 0.151. The van der Waals surface area contributed by atoms with E-state index < -0.39 is 0 Å². The van der Waals surface area contributed by atoms with Gasteiger partial charge in [-0.2, -0.15) is 0 Å². The Morgan fingerprint density at radius 3 is 0.847 bits per heavy atom. The van der Waals surface area contributed by atoms with Gasteiger partial charge in [0.2, 0.25) is 0 Å². The second-order valence-corrected chi connectivity index (χ2v) is 25.0. The average molecular weight is 1280 g/mol. The molecule has 0 radical (unpaired) electrons. The van der Waals surface area contributed by atoms with Gasteiger partial charge in [0, 0.05) is 81.6 Å². The van der Waals surface area contributed by atoms with Crippen LogP contribution < -0.4 is 10.6 Å². The Bertz CT molecular complexity index is 6220. The van der Waals surface area contributed by atoms with Crippen molar-refractivity contribution in [1.82, 2.24) is 0 Å². The van der Waals surface area contributed by atoms with E-state index >= 15 is 0 Å². The molecule has 8 heteroatoms. The van der Waals surface area contributed by atoms with Gasteiger partial charge in [-0.3, -0.25) is 0 Å². The van der Waals surface area contributed by atoms with E-state index in [0.717, 1.165) is 182 Å². The summed E-state index contributed by atoms with van der Waals surface area (Å²) in [6, 6.07) is 115. The minimum Gasteiger partial charge on any atom is -0.456 e. The first kappa shape index (κ1) is 57.8. The molecular weight excluding hydrogens is 1220 g/mol. The van der Waals surface area contributed by atoms with E-state index in [1.54, 1.807) is 0 Å². The standard InChI is InChI=1S/C54H33NO3.C18H11ClO.C18H13NO/c1-4-14-47-43(9-1)46-33-37(25-32-50(46)56-47)34-19-26-38(27-20-34)55(39-28-21-35(22-29-39)41-12-7-17-51-53(41)44-10-2-5-15-48(44)57-51)40-30-23-36(24-31-40)42-13-8-18-52-54(42)45-11-3-6-16-49(45)58-52;19-13-10-8-12(9-11-13)14-5-3-7-17-18(14)15-4-1-2-6-16(15)20-17;19-14-8-5-12(6-9-14)13-7-10-18-16(11-13)15-3-1-2-4-17(15)20-18/h1-33H;1-11H;1-11H,19H2. The minimum absolute atomic E-state index is 0.748. The van der Waals surface area contributed by atoms with Crippen LogP contribution in [0.15, 0.2) is 356 Å². The zero-order valence-corrected chi connectivity index (χ0v) is 53.5. The zero-order valence-electron chi connectivity index (χ0n) is 52.7. The summed E-state index contributed by atoms with van der Waals surface area (Å²) in [7, 11) is 0. The van der Waals surface area contributed by atoms with Gasteiger partial charge in [0.25, 0.3) is 0 Å². The SMILES string of the molecule is Clc1ccc(-c2cccc3oc4ccccc4c23)cc1.Nc1ccc(-c2ccc3oc4ccccc4c3c2)cc1.c1ccc2c(c1)oc1ccc(-c3ccc(N(c4ccc(-c5cccc6oc7ccccc7c56)cc4)c4ccc(-c5cccc6oc7ccccc7c56)cc4)cc3)cc12. The van der Waals surface area contributed by atoms with Gasteiger partial charge in [-0.15, -0.1) is 0 Å². The number of nitrogens with zero attached hydrogens (tertiary/aromatic N) is 1. The Morgan fingerprint density at radius 1 is 0.214 bits per heavy atom. The second kappa shape index (κ2) is 24.2. The molecule has 98 heavy (non-hydrogen) atoms.